The van der Waals surface area contributed by atoms with Crippen LogP contribution in [0.4, 0.5) is 0 Å². The van der Waals surface area contributed by atoms with Crippen molar-refractivity contribution in [3.05, 3.63) is 24.3 Å². The molecule has 0 saturated carbocycles. The smallest absolute Gasteiger partial charge is 0.240 e. The molecule has 1 rings (SSSR count). The summed E-state index contributed by atoms with van der Waals surface area (Å²) in [4.78, 5) is 0.216. The Morgan fingerprint density at radius 2 is 1.76 bits per heavy atom. The summed E-state index contributed by atoms with van der Waals surface area (Å²) in [6.45, 7) is 5.68. The molecule has 0 saturated heterocycles. The number of nitrogens with one attached hydrogen (secondary N) is 2. The predicted molar refractivity (Wildman–Crippen MR) is 82.1 cm³/mol. The first-order valence-electron chi connectivity index (χ1n) is 6.94. The minimum absolute atomic E-state index is 0.0866. The van der Waals surface area contributed by atoms with Crippen LogP contribution < -0.4 is 14.8 Å². The average molecular weight is 316 g/mol. The maximum absolute atomic E-state index is 12.0. The first-order chi connectivity index (χ1) is 9.95. The zero-order valence-electron chi connectivity index (χ0n) is 12.8. The van der Waals surface area contributed by atoms with Crippen LogP contribution in [0.2, 0.25) is 0 Å². The molecule has 7 heteroatoms. The van der Waals surface area contributed by atoms with Crippen LogP contribution in [0.5, 0.6) is 5.75 Å². The fourth-order valence-electron chi connectivity index (χ4n) is 1.54. The number of benzene rings is 1. The summed E-state index contributed by atoms with van der Waals surface area (Å²) in [5.41, 5.74) is 0. The highest BCUT2D eigenvalue weighted by molar-refractivity contribution is 7.89. The van der Waals surface area contributed by atoms with Gasteiger partial charge in [-0.3, -0.25) is 0 Å². The van der Waals surface area contributed by atoms with Gasteiger partial charge in [-0.1, -0.05) is 0 Å². The zero-order chi connectivity index (χ0) is 15.7. The van der Waals surface area contributed by atoms with E-state index in [1.54, 1.807) is 12.1 Å². The molecule has 0 fully saturated rings. The quantitative estimate of drug-likeness (QED) is 0.630. The van der Waals surface area contributed by atoms with Gasteiger partial charge in [0.2, 0.25) is 10.0 Å². The van der Waals surface area contributed by atoms with E-state index < -0.39 is 10.0 Å². The van der Waals surface area contributed by atoms with Crippen LogP contribution in [-0.2, 0) is 14.8 Å². The molecular formula is C14H24N2O4S. The lowest BCUT2D eigenvalue weighted by atomic mass is 10.3. The van der Waals surface area contributed by atoms with Crippen LogP contribution in [0, 0.1) is 0 Å². The van der Waals surface area contributed by atoms with Gasteiger partial charge in [-0.25, -0.2) is 13.1 Å². The third-order valence-corrected chi connectivity index (χ3v) is 4.08. The molecule has 0 bridgehead atoms. The Bertz CT molecular complexity index is 500. The lowest BCUT2D eigenvalue weighted by Gasteiger charge is -2.10. The molecule has 0 radical (unpaired) electrons. The third-order valence-electron chi connectivity index (χ3n) is 2.60. The molecule has 0 spiro atoms. The molecule has 1 aromatic rings. The van der Waals surface area contributed by atoms with Crippen molar-refractivity contribution in [2.45, 2.75) is 24.8 Å². The van der Waals surface area contributed by atoms with Gasteiger partial charge in [0.1, 0.15) is 12.4 Å². The number of likely N-dealkylation sites (N-methyl/N-ethyl adjacent to an activating group) is 1. The topological polar surface area (TPSA) is 76.7 Å². The molecule has 0 unspecified atom stereocenters. The van der Waals surface area contributed by atoms with Crippen LogP contribution in [0.1, 0.15) is 13.8 Å². The van der Waals surface area contributed by atoms with Gasteiger partial charge in [0.25, 0.3) is 0 Å². The summed E-state index contributed by atoms with van der Waals surface area (Å²) in [6, 6.07) is 6.35. The first kappa shape index (κ1) is 17.9. The number of sulfonamides is 1. The Kier molecular flexibility index (Phi) is 7.66. The Morgan fingerprint density at radius 3 is 2.33 bits per heavy atom. The highest BCUT2D eigenvalue weighted by Crippen LogP contribution is 2.15. The normalized spacial score (nSPS) is 11.8. The van der Waals surface area contributed by atoms with Crippen molar-refractivity contribution in [3.8, 4) is 5.75 Å². The molecule has 21 heavy (non-hydrogen) atoms. The predicted octanol–water partition coefficient (Wildman–Crippen LogP) is 0.988. The second-order valence-electron chi connectivity index (χ2n) is 4.74. The monoisotopic (exact) mass is 316 g/mol. The van der Waals surface area contributed by atoms with Crippen molar-refractivity contribution >= 4 is 10.0 Å². The highest BCUT2D eigenvalue weighted by atomic mass is 32.2. The minimum Gasteiger partial charge on any atom is -0.492 e. The Balaban J connectivity index is 2.50. The zero-order valence-corrected chi connectivity index (χ0v) is 13.6. The van der Waals surface area contributed by atoms with Gasteiger partial charge in [0.05, 0.1) is 17.6 Å². The number of rotatable bonds is 10. The van der Waals surface area contributed by atoms with E-state index >= 15 is 0 Å². The fourth-order valence-corrected chi connectivity index (χ4v) is 2.55. The maximum atomic E-state index is 12.0. The SMILES string of the molecule is CNCCOc1ccc(S(=O)(=O)NCCOC(C)C)cc1. The average Bonchev–Trinajstić information content (AvgIpc) is 2.44. The van der Waals surface area contributed by atoms with E-state index in [2.05, 4.69) is 10.0 Å². The standard InChI is InChI=1S/C14H24N2O4S/c1-12(2)19-11-9-16-21(17,18)14-6-4-13(5-7-14)20-10-8-15-3/h4-7,12,15-16H,8-11H2,1-3H3. The van der Waals surface area contributed by atoms with Crippen molar-refractivity contribution in [1.82, 2.24) is 10.0 Å². The summed E-state index contributed by atoms with van der Waals surface area (Å²) in [7, 11) is -1.66. The van der Waals surface area contributed by atoms with Gasteiger partial charge in [-0.2, -0.15) is 0 Å². The Labute approximate surface area is 126 Å². The molecule has 0 aliphatic rings. The second-order valence-corrected chi connectivity index (χ2v) is 6.51. The molecule has 0 aromatic heterocycles. The maximum Gasteiger partial charge on any atom is 0.240 e. The molecular weight excluding hydrogens is 292 g/mol. The van der Waals surface area contributed by atoms with Crippen molar-refractivity contribution in [3.63, 3.8) is 0 Å². The lowest BCUT2D eigenvalue weighted by Crippen LogP contribution is -2.28. The molecule has 1 aromatic carbocycles. The molecule has 0 atom stereocenters. The van der Waals surface area contributed by atoms with Crippen molar-refractivity contribution in [2.75, 3.05) is 33.4 Å². The van der Waals surface area contributed by atoms with Crippen LogP contribution in [-0.4, -0.2) is 47.9 Å². The number of hydrogen-bond acceptors (Lipinski definition) is 5. The summed E-state index contributed by atoms with van der Waals surface area (Å²) >= 11 is 0. The lowest BCUT2D eigenvalue weighted by molar-refractivity contribution is 0.0834. The number of ether oxygens (including phenoxy) is 2. The molecule has 0 heterocycles. The van der Waals surface area contributed by atoms with E-state index in [0.29, 0.717) is 19.0 Å². The molecule has 0 amide bonds. The van der Waals surface area contributed by atoms with E-state index in [1.807, 2.05) is 20.9 Å². The number of hydrogen-bond donors (Lipinski definition) is 2. The minimum atomic E-state index is -3.50. The van der Waals surface area contributed by atoms with E-state index in [0.717, 1.165) is 6.54 Å². The van der Waals surface area contributed by atoms with Gasteiger partial charge in [0, 0.05) is 13.1 Å². The summed E-state index contributed by atoms with van der Waals surface area (Å²) in [6.07, 6.45) is 0.0866. The summed E-state index contributed by atoms with van der Waals surface area (Å²) in [5, 5.41) is 2.97. The van der Waals surface area contributed by atoms with Crippen molar-refractivity contribution in [2.24, 2.45) is 0 Å². The van der Waals surface area contributed by atoms with Gasteiger partial charge in [0.15, 0.2) is 0 Å². The van der Waals surface area contributed by atoms with E-state index in [9.17, 15) is 8.42 Å². The van der Waals surface area contributed by atoms with E-state index in [4.69, 9.17) is 9.47 Å². The molecule has 6 nitrogen and oxygen atoms in total. The molecule has 0 aliphatic carbocycles. The van der Waals surface area contributed by atoms with E-state index in [1.165, 1.54) is 12.1 Å². The third kappa shape index (κ3) is 6.90. The fraction of sp³-hybridized carbons (Fsp3) is 0.571. The highest BCUT2D eigenvalue weighted by Gasteiger charge is 2.13. The van der Waals surface area contributed by atoms with Crippen LogP contribution in [0.15, 0.2) is 29.2 Å². The van der Waals surface area contributed by atoms with Gasteiger partial charge in [-0.05, 0) is 45.2 Å². The van der Waals surface area contributed by atoms with Gasteiger partial charge < -0.3 is 14.8 Å². The van der Waals surface area contributed by atoms with E-state index in [-0.39, 0.29) is 17.5 Å². The molecule has 2 N–H and O–H groups in total. The van der Waals surface area contributed by atoms with Gasteiger partial charge >= 0.3 is 0 Å². The summed E-state index contributed by atoms with van der Waals surface area (Å²) in [5.74, 6) is 0.646. The summed E-state index contributed by atoms with van der Waals surface area (Å²) < 4.78 is 37.3. The largest absolute Gasteiger partial charge is 0.492 e. The van der Waals surface area contributed by atoms with Crippen LogP contribution in [0.3, 0.4) is 0 Å². The second kappa shape index (κ2) is 8.99. The molecule has 120 valence electrons. The van der Waals surface area contributed by atoms with Crippen LogP contribution in [0.25, 0.3) is 0 Å². The van der Waals surface area contributed by atoms with Crippen LogP contribution >= 0.6 is 0 Å². The Morgan fingerprint density at radius 1 is 1.10 bits per heavy atom. The first-order valence-corrected chi connectivity index (χ1v) is 8.43. The van der Waals surface area contributed by atoms with Gasteiger partial charge in [-0.15, -0.1) is 0 Å². The van der Waals surface area contributed by atoms with Crippen molar-refractivity contribution < 1.29 is 17.9 Å². The molecule has 0 aliphatic heterocycles. The Hall–Kier alpha value is -1.15. The van der Waals surface area contributed by atoms with Crippen molar-refractivity contribution in [1.29, 1.82) is 0 Å².